The van der Waals surface area contributed by atoms with Crippen LogP contribution in [0.3, 0.4) is 0 Å². The first-order valence-corrected chi connectivity index (χ1v) is 5.25. The molecule has 2 N–H and O–H groups in total. The second-order valence-electron chi connectivity index (χ2n) is 3.12. The number of dihydropyridines is 1. The molecule has 1 heterocycles. The van der Waals surface area contributed by atoms with Crippen LogP contribution < -0.4 is 10.6 Å². The highest BCUT2D eigenvalue weighted by atomic mass is 35.5. The molecule has 4 heteroatoms. The molecule has 1 amide bonds. The third kappa shape index (κ3) is 3.42. The number of alkyl halides is 1. The van der Waals surface area contributed by atoms with Crippen LogP contribution in [-0.2, 0) is 4.79 Å². The highest BCUT2D eigenvalue weighted by molar-refractivity contribution is 6.22. The molecule has 1 unspecified atom stereocenters. The molecular formula is C10H15ClN2O. The number of carbonyl (C=O) groups is 1. The molecule has 0 saturated heterocycles. The number of hydrogen-bond acceptors (Lipinski definition) is 2. The van der Waals surface area contributed by atoms with E-state index in [0.29, 0.717) is 12.2 Å². The summed E-state index contributed by atoms with van der Waals surface area (Å²) in [6, 6.07) is 0. The van der Waals surface area contributed by atoms with Gasteiger partial charge in [0.1, 0.15) is 11.2 Å². The van der Waals surface area contributed by atoms with Gasteiger partial charge < -0.3 is 10.6 Å². The number of nitrogens with one attached hydrogen (secondary N) is 2. The standard InChI is InChI=1S/C10H15ClN2O/c1-2-3-7-12-10(14)8-5-4-6-9(11)13-8/h4-6,9,13H,2-3,7H2,1H3,(H,12,14). The van der Waals surface area contributed by atoms with E-state index < -0.39 is 0 Å². The van der Waals surface area contributed by atoms with E-state index in [0.717, 1.165) is 12.8 Å². The number of hydrogen-bond donors (Lipinski definition) is 2. The van der Waals surface area contributed by atoms with Crippen molar-refractivity contribution in [2.75, 3.05) is 6.54 Å². The van der Waals surface area contributed by atoms with Gasteiger partial charge in [-0.2, -0.15) is 0 Å². The molecule has 14 heavy (non-hydrogen) atoms. The van der Waals surface area contributed by atoms with E-state index >= 15 is 0 Å². The zero-order valence-corrected chi connectivity index (χ0v) is 8.97. The normalized spacial score (nSPS) is 19.9. The smallest absolute Gasteiger partial charge is 0.267 e. The number of halogens is 1. The minimum atomic E-state index is -0.285. The average Bonchev–Trinajstić information content (AvgIpc) is 2.18. The molecule has 0 radical (unpaired) electrons. The lowest BCUT2D eigenvalue weighted by Crippen LogP contribution is -2.35. The number of unbranched alkanes of at least 4 members (excludes halogenated alkanes) is 1. The second kappa shape index (κ2) is 5.70. The summed E-state index contributed by atoms with van der Waals surface area (Å²) in [7, 11) is 0. The first-order valence-electron chi connectivity index (χ1n) is 4.81. The predicted octanol–water partition coefficient (Wildman–Crippen LogP) is 1.51. The van der Waals surface area contributed by atoms with Crippen molar-refractivity contribution in [2.24, 2.45) is 0 Å². The van der Waals surface area contributed by atoms with Crippen molar-refractivity contribution in [2.45, 2.75) is 25.3 Å². The third-order valence-corrected chi connectivity index (χ3v) is 2.15. The average molecular weight is 215 g/mol. The topological polar surface area (TPSA) is 41.1 Å². The Hall–Kier alpha value is -0.960. The van der Waals surface area contributed by atoms with Crippen LogP contribution in [0.1, 0.15) is 19.8 Å². The Kier molecular flexibility index (Phi) is 4.53. The van der Waals surface area contributed by atoms with E-state index in [1.54, 1.807) is 18.2 Å². The maximum absolute atomic E-state index is 11.5. The van der Waals surface area contributed by atoms with E-state index in [1.807, 2.05) is 0 Å². The second-order valence-corrected chi connectivity index (χ2v) is 3.59. The molecule has 1 aliphatic heterocycles. The molecule has 0 aliphatic carbocycles. The van der Waals surface area contributed by atoms with Crippen molar-refractivity contribution >= 4 is 17.5 Å². The quantitative estimate of drug-likeness (QED) is 0.423. The van der Waals surface area contributed by atoms with Gasteiger partial charge in [-0.3, -0.25) is 4.79 Å². The zero-order valence-electron chi connectivity index (χ0n) is 8.22. The Morgan fingerprint density at radius 2 is 2.50 bits per heavy atom. The van der Waals surface area contributed by atoms with E-state index in [2.05, 4.69) is 17.6 Å². The fourth-order valence-corrected chi connectivity index (χ4v) is 1.31. The lowest BCUT2D eigenvalue weighted by molar-refractivity contribution is -0.117. The highest BCUT2D eigenvalue weighted by Gasteiger charge is 2.12. The maximum atomic E-state index is 11.5. The van der Waals surface area contributed by atoms with Gasteiger partial charge in [0.25, 0.3) is 5.91 Å². The molecule has 0 aromatic rings. The molecule has 1 atom stereocenters. The van der Waals surface area contributed by atoms with Gasteiger partial charge in [-0.25, -0.2) is 0 Å². The molecular weight excluding hydrogens is 200 g/mol. The van der Waals surface area contributed by atoms with Crippen LogP contribution in [0.5, 0.6) is 0 Å². The van der Waals surface area contributed by atoms with Crippen LogP contribution in [-0.4, -0.2) is 18.0 Å². The summed E-state index contributed by atoms with van der Waals surface area (Å²) in [6.45, 7) is 2.80. The van der Waals surface area contributed by atoms with Gasteiger partial charge >= 0.3 is 0 Å². The molecule has 0 aromatic heterocycles. The largest absolute Gasteiger partial charge is 0.362 e. The monoisotopic (exact) mass is 214 g/mol. The van der Waals surface area contributed by atoms with Gasteiger partial charge in [-0.1, -0.05) is 31.0 Å². The molecule has 1 rings (SSSR count). The fraction of sp³-hybridized carbons (Fsp3) is 0.500. The summed E-state index contributed by atoms with van der Waals surface area (Å²) >= 11 is 5.80. The van der Waals surface area contributed by atoms with Gasteiger partial charge in [0.2, 0.25) is 0 Å². The minimum Gasteiger partial charge on any atom is -0.362 e. The molecule has 0 spiro atoms. The van der Waals surface area contributed by atoms with E-state index in [4.69, 9.17) is 11.6 Å². The molecule has 3 nitrogen and oxygen atoms in total. The van der Waals surface area contributed by atoms with Gasteiger partial charge in [-0.05, 0) is 18.6 Å². The van der Waals surface area contributed by atoms with Gasteiger partial charge in [0, 0.05) is 6.54 Å². The summed E-state index contributed by atoms with van der Waals surface area (Å²) in [4.78, 5) is 11.5. The van der Waals surface area contributed by atoms with Gasteiger partial charge in [0.15, 0.2) is 0 Å². The molecule has 0 saturated carbocycles. The Balaban J connectivity index is 2.37. The number of amides is 1. The minimum absolute atomic E-state index is 0.0894. The van der Waals surface area contributed by atoms with Crippen molar-refractivity contribution in [1.29, 1.82) is 0 Å². The maximum Gasteiger partial charge on any atom is 0.267 e. The van der Waals surface area contributed by atoms with Crippen LogP contribution >= 0.6 is 11.6 Å². The summed E-state index contributed by atoms with van der Waals surface area (Å²) in [5.41, 5.74) is 0.246. The van der Waals surface area contributed by atoms with Crippen molar-refractivity contribution in [1.82, 2.24) is 10.6 Å². The molecule has 0 aromatic carbocycles. The van der Waals surface area contributed by atoms with E-state index in [1.165, 1.54) is 0 Å². The number of rotatable bonds is 4. The Morgan fingerprint density at radius 1 is 1.71 bits per heavy atom. The molecule has 78 valence electrons. The lowest BCUT2D eigenvalue weighted by atomic mass is 10.2. The van der Waals surface area contributed by atoms with Crippen LogP contribution in [0.2, 0.25) is 0 Å². The summed E-state index contributed by atoms with van der Waals surface area (Å²) in [5.74, 6) is -0.0894. The van der Waals surface area contributed by atoms with Crippen molar-refractivity contribution in [3.05, 3.63) is 23.9 Å². The lowest BCUT2D eigenvalue weighted by Gasteiger charge is -2.15. The number of allylic oxidation sites excluding steroid dienone is 2. The molecule has 0 fully saturated rings. The van der Waals surface area contributed by atoms with Crippen molar-refractivity contribution in [3.63, 3.8) is 0 Å². The van der Waals surface area contributed by atoms with Crippen LogP contribution in [0.4, 0.5) is 0 Å². The molecule has 0 bridgehead atoms. The highest BCUT2D eigenvalue weighted by Crippen LogP contribution is 2.05. The predicted molar refractivity (Wildman–Crippen MR) is 57.9 cm³/mol. The SMILES string of the molecule is CCCCNC(=O)C1=CC=CC(Cl)N1. The Bertz CT molecular complexity index is 261. The Morgan fingerprint density at radius 3 is 3.14 bits per heavy atom. The van der Waals surface area contributed by atoms with E-state index in [9.17, 15) is 4.79 Å². The number of carbonyl (C=O) groups excluding carboxylic acids is 1. The Labute approximate surface area is 89.2 Å². The van der Waals surface area contributed by atoms with Gasteiger partial charge in [0.05, 0.1) is 0 Å². The summed E-state index contributed by atoms with van der Waals surface area (Å²) in [5, 5.41) is 5.68. The van der Waals surface area contributed by atoms with Crippen molar-refractivity contribution in [3.8, 4) is 0 Å². The third-order valence-electron chi connectivity index (χ3n) is 1.90. The van der Waals surface area contributed by atoms with Crippen LogP contribution in [0.15, 0.2) is 23.9 Å². The fourth-order valence-electron chi connectivity index (χ4n) is 1.11. The zero-order chi connectivity index (χ0) is 10.4. The summed E-state index contributed by atoms with van der Waals surface area (Å²) in [6.07, 6.45) is 7.36. The first kappa shape index (κ1) is 11.1. The van der Waals surface area contributed by atoms with Crippen LogP contribution in [0.25, 0.3) is 0 Å². The molecule has 1 aliphatic rings. The van der Waals surface area contributed by atoms with Gasteiger partial charge in [-0.15, -0.1) is 0 Å². The van der Waals surface area contributed by atoms with E-state index in [-0.39, 0.29) is 11.4 Å². The van der Waals surface area contributed by atoms with Crippen molar-refractivity contribution < 1.29 is 4.79 Å². The first-order chi connectivity index (χ1) is 6.74. The summed E-state index contributed by atoms with van der Waals surface area (Å²) < 4.78 is 0. The van der Waals surface area contributed by atoms with Crippen LogP contribution in [0, 0.1) is 0 Å².